The minimum Gasteiger partial charge on any atom is -0.298 e. The Bertz CT molecular complexity index is 331. The zero-order valence-electron chi connectivity index (χ0n) is 12.5. The molecule has 0 spiro atoms. The lowest BCUT2D eigenvalue weighted by Crippen LogP contribution is -2.61. The van der Waals surface area contributed by atoms with Gasteiger partial charge in [-0.25, -0.2) is 5.84 Å². The van der Waals surface area contributed by atoms with Gasteiger partial charge in [-0.3, -0.25) is 20.0 Å². The van der Waals surface area contributed by atoms with E-state index >= 15 is 0 Å². The molecule has 0 radical (unpaired) electrons. The Labute approximate surface area is 116 Å². The number of nitrogens with two attached hydrogens (primary N) is 1. The Morgan fingerprint density at radius 1 is 1.37 bits per heavy atom. The lowest BCUT2D eigenvalue weighted by molar-refractivity contribution is -0.131. The lowest BCUT2D eigenvalue weighted by atomic mass is 9.89. The molecule has 0 aromatic carbocycles. The quantitative estimate of drug-likeness (QED) is 0.446. The Balaban J connectivity index is 1.98. The number of rotatable bonds is 3. The van der Waals surface area contributed by atoms with Crippen LogP contribution in [0.15, 0.2) is 0 Å². The summed E-state index contributed by atoms with van der Waals surface area (Å²) in [6, 6.07) is 1.20. The van der Waals surface area contributed by atoms with E-state index in [0.29, 0.717) is 12.1 Å². The predicted octanol–water partition coefficient (Wildman–Crippen LogP) is 0.561. The van der Waals surface area contributed by atoms with E-state index in [2.05, 4.69) is 22.1 Å². The summed E-state index contributed by atoms with van der Waals surface area (Å²) in [6.07, 6.45) is 3.98. The summed E-state index contributed by atoms with van der Waals surface area (Å²) in [5, 5.41) is 0. The minimum absolute atomic E-state index is 0.0780. The molecule has 1 amide bonds. The number of hydrazine groups is 1. The third-order valence-electron chi connectivity index (χ3n) is 4.66. The Morgan fingerprint density at radius 2 is 2.11 bits per heavy atom. The van der Waals surface area contributed by atoms with Crippen LogP contribution >= 0.6 is 0 Å². The van der Waals surface area contributed by atoms with Crippen molar-refractivity contribution in [1.82, 2.24) is 15.2 Å². The van der Waals surface area contributed by atoms with Crippen LogP contribution in [-0.4, -0.2) is 54.0 Å². The highest BCUT2D eigenvalue weighted by molar-refractivity contribution is 5.81. The van der Waals surface area contributed by atoms with Crippen molar-refractivity contribution in [1.29, 1.82) is 0 Å². The fourth-order valence-corrected chi connectivity index (χ4v) is 3.41. The highest BCUT2D eigenvalue weighted by Gasteiger charge is 2.37. The molecule has 3 N–H and O–H groups in total. The summed E-state index contributed by atoms with van der Waals surface area (Å²) in [5.41, 5.74) is 1.86. The number of carbonyl (C=O) groups excluding carboxylic acids is 1. The molecule has 2 fully saturated rings. The molecule has 0 aromatic rings. The Hall–Kier alpha value is -0.650. The molecule has 19 heavy (non-hydrogen) atoms. The Morgan fingerprint density at radius 3 is 2.79 bits per heavy atom. The van der Waals surface area contributed by atoms with Crippen molar-refractivity contribution in [3.8, 4) is 0 Å². The van der Waals surface area contributed by atoms with Crippen molar-refractivity contribution in [2.75, 3.05) is 26.2 Å². The van der Waals surface area contributed by atoms with Crippen LogP contribution in [0.25, 0.3) is 0 Å². The van der Waals surface area contributed by atoms with E-state index in [-0.39, 0.29) is 5.91 Å². The number of fused-ring (bicyclic) bond motifs is 1. The molecule has 2 heterocycles. The van der Waals surface area contributed by atoms with E-state index in [9.17, 15) is 4.79 Å². The molecule has 2 aliphatic rings. The first kappa shape index (κ1) is 14.8. The molecule has 0 saturated carbocycles. The molecule has 2 rings (SSSR count). The van der Waals surface area contributed by atoms with Crippen molar-refractivity contribution in [2.45, 2.75) is 52.1 Å². The second-order valence-electron chi connectivity index (χ2n) is 6.78. The van der Waals surface area contributed by atoms with Gasteiger partial charge in [0.05, 0.1) is 5.41 Å². The van der Waals surface area contributed by atoms with Crippen LogP contribution in [0.3, 0.4) is 0 Å². The standard InChI is InChI=1S/C14H28N4O/c1-11-8-17-7-5-4-6-12(17)9-18(11)10-14(2,3)13(19)16-15/h11-12H,4-10,15H2,1-3H3,(H,16,19). The third kappa shape index (κ3) is 3.27. The van der Waals surface area contributed by atoms with Gasteiger partial charge in [-0.05, 0) is 40.2 Å². The van der Waals surface area contributed by atoms with Crippen LogP contribution in [0.2, 0.25) is 0 Å². The average molecular weight is 268 g/mol. The highest BCUT2D eigenvalue weighted by Crippen LogP contribution is 2.27. The molecule has 5 heteroatoms. The van der Waals surface area contributed by atoms with Gasteiger partial charge in [-0.2, -0.15) is 0 Å². The highest BCUT2D eigenvalue weighted by atomic mass is 16.2. The molecule has 0 aromatic heterocycles. The Kier molecular flexibility index (Phi) is 4.48. The first-order chi connectivity index (χ1) is 8.94. The third-order valence-corrected chi connectivity index (χ3v) is 4.66. The number of nitrogens with zero attached hydrogens (tertiary/aromatic N) is 2. The predicted molar refractivity (Wildman–Crippen MR) is 76.4 cm³/mol. The monoisotopic (exact) mass is 268 g/mol. The van der Waals surface area contributed by atoms with Gasteiger partial charge in [0.25, 0.3) is 0 Å². The topological polar surface area (TPSA) is 61.6 Å². The van der Waals surface area contributed by atoms with Gasteiger partial charge in [-0.1, -0.05) is 6.42 Å². The summed E-state index contributed by atoms with van der Waals surface area (Å²) >= 11 is 0. The van der Waals surface area contributed by atoms with Crippen LogP contribution in [0, 0.1) is 5.41 Å². The lowest BCUT2D eigenvalue weighted by Gasteiger charge is -2.49. The van der Waals surface area contributed by atoms with Gasteiger partial charge in [-0.15, -0.1) is 0 Å². The van der Waals surface area contributed by atoms with Gasteiger partial charge >= 0.3 is 0 Å². The van der Waals surface area contributed by atoms with Crippen LogP contribution in [0.4, 0.5) is 0 Å². The molecule has 5 nitrogen and oxygen atoms in total. The molecule has 0 bridgehead atoms. The number of hydrogen-bond acceptors (Lipinski definition) is 4. The van der Waals surface area contributed by atoms with Crippen molar-refractivity contribution >= 4 is 5.91 Å². The molecule has 2 aliphatic heterocycles. The fraction of sp³-hybridized carbons (Fsp3) is 0.929. The van der Waals surface area contributed by atoms with Gasteiger partial charge in [0, 0.05) is 31.7 Å². The molecule has 2 saturated heterocycles. The SMILES string of the molecule is CC1CN2CCCCC2CN1CC(C)(C)C(=O)NN. The van der Waals surface area contributed by atoms with Crippen LogP contribution in [-0.2, 0) is 4.79 Å². The van der Waals surface area contributed by atoms with Gasteiger partial charge < -0.3 is 0 Å². The summed E-state index contributed by atoms with van der Waals surface area (Å²) in [4.78, 5) is 16.9. The minimum atomic E-state index is -0.431. The maximum Gasteiger partial charge on any atom is 0.240 e. The maximum atomic E-state index is 11.8. The van der Waals surface area contributed by atoms with Crippen molar-refractivity contribution in [2.24, 2.45) is 11.3 Å². The number of nitrogens with one attached hydrogen (secondary N) is 1. The zero-order chi connectivity index (χ0) is 14.0. The molecular weight excluding hydrogens is 240 g/mol. The van der Waals surface area contributed by atoms with E-state index in [1.54, 1.807) is 0 Å². The summed E-state index contributed by atoms with van der Waals surface area (Å²) < 4.78 is 0. The van der Waals surface area contributed by atoms with E-state index in [4.69, 9.17) is 5.84 Å². The van der Waals surface area contributed by atoms with E-state index in [0.717, 1.165) is 19.6 Å². The van der Waals surface area contributed by atoms with Crippen molar-refractivity contribution in [3.05, 3.63) is 0 Å². The molecule has 2 unspecified atom stereocenters. The van der Waals surface area contributed by atoms with Crippen LogP contribution in [0.5, 0.6) is 0 Å². The number of hydrogen-bond donors (Lipinski definition) is 2. The fourth-order valence-electron chi connectivity index (χ4n) is 3.41. The average Bonchev–Trinajstić information content (AvgIpc) is 2.38. The zero-order valence-corrected chi connectivity index (χ0v) is 12.5. The van der Waals surface area contributed by atoms with E-state index in [1.807, 2.05) is 13.8 Å². The summed E-state index contributed by atoms with van der Waals surface area (Å²) in [7, 11) is 0. The van der Waals surface area contributed by atoms with Crippen LogP contribution in [0.1, 0.15) is 40.0 Å². The molecular formula is C14H28N4O. The molecule has 110 valence electrons. The normalized spacial score (nSPS) is 29.9. The van der Waals surface area contributed by atoms with Crippen molar-refractivity contribution < 1.29 is 4.79 Å². The largest absolute Gasteiger partial charge is 0.298 e. The molecule has 2 atom stereocenters. The van der Waals surface area contributed by atoms with E-state index in [1.165, 1.54) is 25.8 Å². The smallest absolute Gasteiger partial charge is 0.240 e. The second kappa shape index (κ2) is 5.77. The number of piperidine rings is 1. The number of amides is 1. The van der Waals surface area contributed by atoms with Crippen LogP contribution < -0.4 is 11.3 Å². The molecule has 0 aliphatic carbocycles. The summed E-state index contributed by atoms with van der Waals surface area (Å²) in [6.45, 7) is 10.4. The number of carbonyl (C=O) groups is 1. The first-order valence-electron chi connectivity index (χ1n) is 7.43. The van der Waals surface area contributed by atoms with Gasteiger partial charge in [0.1, 0.15) is 0 Å². The van der Waals surface area contributed by atoms with Gasteiger partial charge in [0.15, 0.2) is 0 Å². The van der Waals surface area contributed by atoms with E-state index < -0.39 is 5.41 Å². The maximum absolute atomic E-state index is 11.8. The first-order valence-corrected chi connectivity index (χ1v) is 7.43. The second-order valence-corrected chi connectivity index (χ2v) is 6.78. The summed E-state index contributed by atoms with van der Waals surface area (Å²) in [5.74, 6) is 5.20. The van der Waals surface area contributed by atoms with Crippen molar-refractivity contribution in [3.63, 3.8) is 0 Å². The number of piperazine rings is 1. The van der Waals surface area contributed by atoms with Gasteiger partial charge in [0.2, 0.25) is 5.91 Å².